The molecule has 9 rings (SSSR count). The third kappa shape index (κ3) is 8.29. The predicted octanol–water partition coefficient (Wildman–Crippen LogP) is 9.02. The zero-order valence-electron chi connectivity index (χ0n) is 38.3. The Balaban J connectivity index is 1.03. The highest BCUT2D eigenvalue weighted by molar-refractivity contribution is 5.87. The van der Waals surface area contributed by atoms with Gasteiger partial charge in [-0.15, -0.1) is 0 Å². The Morgan fingerprint density at radius 2 is 1.26 bits per heavy atom. The lowest BCUT2D eigenvalue weighted by Crippen LogP contribution is -2.51. The first-order chi connectivity index (χ1) is 31.6. The molecule has 4 aliphatic rings. The molecule has 350 valence electrons. The summed E-state index contributed by atoms with van der Waals surface area (Å²) in [5.41, 5.74) is 5.46. The average Bonchev–Trinajstić information content (AvgIpc) is 3.85. The molecule has 0 unspecified atom stereocenters. The number of H-pyrrole nitrogens is 2. The number of benzene rings is 3. The Hall–Kier alpha value is -6.26. The van der Waals surface area contributed by atoms with Crippen molar-refractivity contribution in [3.63, 3.8) is 0 Å². The molecule has 1 aliphatic carbocycles. The summed E-state index contributed by atoms with van der Waals surface area (Å²) in [6.07, 6.45) is 4.00. The van der Waals surface area contributed by atoms with E-state index in [-0.39, 0.29) is 59.3 Å². The fraction of sp³-hybridized carbons (Fsp3) is 0.510. The van der Waals surface area contributed by atoms with Gasteiger partial charge in [0, 0.05) is 31.4 Å². The fourth-order valence-electron chi connectivity index (χ4n) is 10.8. The predicted molar refractivity (Wildman–Crippen MR) is 244 cm³/mol. The van der Waals surface area contributed by atoms with Gasteiger partial charge in [0.2, 0.25) is 11.8 Å². The van der Waals surface area contributed by atoms with Gasteiger partial charge < -0.3 is 39.8 Å². The Morgan fingerprint density at radius 3 is 1.71 bits per heavy atom. The van der Waals surface area contributed by atoms with Gasteiger partial charge in [0.15, 0.2) is 0 Å². The number of rotatable bonds is 12. The van der Waals surface area contributed by atoms with E-state index in [1.54, 1.807) is 9.80 Å². The number of nitrogens with one attached hydrogen (secondary N) is 3. The van der Waals surface area contributed by atoms with E-state index in [0.717, 1.165) is 58.3 Å². The maximum absolute atomic E-state index is 16.0. The molecule has 0 spiro atoms. The van der Waals surface area contributed by atoms with Crippen LogP contribution in [0.1, 0.15) is 137 Å². The maximum atomic E-state index is 16.0. The highest BCUT2D eigenvalue weighted by Crippen LogP contribution is 2.50. The van der Waals surface area contributed by atoms with Crippen LogP contribution in [0, 0.1) is 23.5 Å². The molecule has 3 aromatic carbocycles. The van der Waals surface area contributed by atoms with Crippen molar-refractivity contribution in [1.29, 1.82) is 0 Å². The lowest BCUT2D eigenvalue weighted by atomic mass is 10.0. The Labute approximate surface area is 382 Å². The first kappa shape index (κ1) is 44.9. The van der Waals surface area contributed by atoms with Crippen LogP contribution in [0.2, 0.25) is 0 Å². The molecule has 17 heteroatoms. The Bertz CT molecular complexity index is 2660. The zero-order valence-corrected chi connectivity index (χ0v) is 38.3. The largest absolute Gasteiger partial charge is 0.465 e. The highest BCUT2D eigenvalue weighted by atomic mass is 19.1. The fourth-order valence-corrected chi connectivity index (χ4v) is 10.8. The number of halogens is 2. The number of fused-ring (bicyclic) bond motifs is 2. The van der Waals surface area contributed by atoms with Crippen molar-refractivity contribution < 1.29 is 37.8 Å². The van der Waals surface area contributed by atoms with E-state index in [1.165, 1.54) is 26.3 Å². The smallest absolute Gasteiger partial charge is 0.407 e. The topological polar surface area (TPSA) is 180 Å². The van der Waals surface area contributed by atoms with Gasteiger partial charge in [0.1, 0.15) is 35.4 Å². The standard InChI is InChI=1S/C49H59F2N9O6/c1-25(2)42(56-48(63)66-6)46(61)58-19-7-9-39(58)44-52-33-15-13-28(21-35(33)54-44)37-17-18-38(60(37)30-23-31(50)41(27-11-12-27)32(51)24-30)29-14-16-34-36(22-29)55-45(53-34)40-10-8-20-59(40)47(62)43(26(3)4)57(5)49(64)65/h13-16,21-27,37-40,42-43H,7-12,17-20H2,1-6H3,(H,52,54)(H,53,55)(H,56,63)(H,64,65)/t37-,38-,39+,40+,42+,43+/m1/s1. The number of hydrogen-bond donors (Lipinski definition) is 4. The molecule has 0 bridgehead atoms. The SMILES string of the molecule is COC(=O)N[C@H](C(=O)N1CCC[C@H]1c1nc2ccc([C@H]3CC[C@H](c4ccc5nc([C@@H]6CCCN6C(=O)[C@H](C(C)C)N(C)C(=O)O)[nH]c5c4)N3c3cc(F)c(C4CC4)c(F)c3)cc2[nH]1)C(C)C. The summed E-state index contributed by atoms with van der Waals surface area (Å²) in [5, 5.41) is 12.4. The zero-order chi connectivity index (χ0) is 46.7. The molecule has 6 atom stereocenters. The normalized spacial score (nSPS) is 21.9. The molecule has 2 aromatic heterocycles. The van der Waals surface area contributed by atoms with Crippen molar-refractivity contribution in [2.75, 3.05) is 32.1 Å². The third-order valence-electron chi connectivity index (χ3n) is 14.2. The van der Waals surface area contributed by atoms with Crippen LogP contribution in [0.3, 0.4) is 0 Å². The van der Waals surface area contributed by atoms with Crippen LogP contribution in [0.4, 0.5) is 24.1 Å². The van der Waals surface area contributed by atoms with Crippen LogP contribution < -0.4 is 10.2 Å². The van der Waals surface area contributed by atoms with E-state index in [2.05, 4.69) is 20.2 Å². The molecule has 0 radical (unpaired) electrons. The number of aromatic nitrogens is 4. The number of imidazole rings is 2. The molecule has 5 aromatic rings. The number of ether oxygens (including phenoxy) is 1. The van der Waals surface area contributed by atoms with Gasteiger partial charge in [-0.25, -0.2) is 28.3 Å². The van der Waals surface area contributed by atoms with Crippen molar-refractivity contribution in [2.45, 2.75) is 121 Å². The number of likely N-dealkylation sites (N-methyl/N-ethyl adjacent to an activating group) is 1. The number of carbonyl (C=O) groups excluding carboxylic acids is 3. The van der Waals surface area contributed by atoms with E-state index < -0.39 is 35.9 Å². The molecular weight excluding hydrogens is 849 g/mol. The molecule has 66 heavy (non-hydrogen) atoms. The number of alkyl carbamates (subject to hydrolysis) is 1. The second kappa shape index (κ2) is 17.9. The van der Waals surface area contributed by atoms with Gasteiger partial charge >= 0.3 is 12.2 Å². The maximum Gasteiger partial charge on any atom is 0.407 e. The van der Waals surface area contributed by atoms with Gasteiger partial charge in [0.05, 0.1) is 53.3 Å². The lowest BCUT2D eigenvalue weighted by molar-refractivity contribution is -0.138. The van der Waals surface area contributed by atoms with Gasteiger partial charge in [-0.05, 0) is 117 Å². The molecule has 3 saturated heterocycles. The first-order valence-electron chi connectivity index (χ1n) is 23.3. The number of aromatic amines is 2. The number of likely N-dealkylation sites (tertiary alicyclic amines) is 2. The summed E-state index contributed by atoms with van der Waals surface area (Å²) < 4.78 is 36.7. The summed E-state index contributed by atoms with van der Waals surface area (Å²) in [4.78, 5) is 75.5. The second-order valence-corrected chi connectivity index (χ2v) is 19.2. The minimum Gasteiger partial charge on any atom is -0.465 e. The monoisotopic (exact) mass is 907 g/mol. The van der Waals surface area contributed by atoms with E-state index in [0.29, 0.717) is 61.6 Å². The average molecular weight is 908 g/mol. The summed E-state index contributed by atoms with van der Waals surface area (Å²) in [7, 11) is 2.70. The number of methoxy groups -OCH3 is 1. The van der Waals surface area contributed by atoms with E-state index >= 15 is 8.78 Å². The summed E-state index contributed by atoms with van der Waals surface area (Å²) in [5.74, 6) is -0.748. The van der Waals surface area contributed by atoms with Crippen molar-refractivity contribution in [1.82, 2.24) is 40.0 Å². The van der Waals surface area contributed by atoms with E-state index in [1.807, 2.05) is 64.1 Å². The molecule has 4 amide bonds. The van der Waals surface area contributed by atoms with Crippen molar-refractivity contribution in [3.8, 4) is 0 Å². The van der Waals surface area contributed by atoms with Gasteiger partial charge in [-0.3, -0.25) is 14.5 Å². The van der Waals surface area contributed by atoms with Gasteiger partial charge in [0.25, 0.3) is 0 Å². The summed E-state index contributed by atoms with van der Waals surface area (Å²) >= 11 is 0. The first-order valence-corrected chi connectivity index (χ1v) is 23.3. The molecule has 15 nitrogen and oxygen atoms in total. The van der Waals surface area contributed by atoms with Crippen LogP contribution in [-0.4, -0.2) is 103 Å². The third-order valence-corrected chi connectivity index (χ3v) is 14.2. The molecule has 3 aliphatic heterocycles. The molecular formula is C49H59F2N9O6. The number of amides is 4. The van der Waals surface area contributed by atoms with Crippen molar-refractivity contribution >= 4 is 51.8 Å². The second-order valence-electron chi connectivity index (χ2n) is 19.2. The van der Waals surface area contributed by atoms with Gasteiger partial charge in [-0.2, -0.15) is 0 Å². The van der Waals surface area contributed by atoms with Crippen LogP contribution >= 0.6 is 0 Å². The number of carbonyl (C=O) groups is 4. The van der Waals surface area contributed by atoms with Crippen LogP contribution in [0.25, 0.3) is 22.1 Å². The van der Waals surface area contributed by atoms with Gasteiger partial charge in [-0.1, -0.05) is 39.8 Å². The summed E-state index contributed by atoms with van der Waals surface area (Å²) in [6, 6.07) is 12.2. The highest BCUT2D eigenvalue weighted by Gasteiger charge is 2.42. The molecule has 4 N–H and O–H groups in total. The quantitative estimate of drug-likeness (QED) is 0.0950. The minimum atomic E-state index is -1.16. The number of nitrogens with zero attached hydrogens (tertiary/aromatic N) is 6. The van der Waals surface area contributed by atoms with Crippen molar-refractivity contribution in [3.05, 3.63) is 88.5 Å². The van der Waals surface area contributed by atoms with Crippen molar-refractivity contribution in [2.24, 2.45) is 11.8 Å². The van der Waals surface area contributed by atoms with Crippen LogP contribution in [-0.2, 0) is 14.3 Å². The van der Waals surface area contributed by atoms with Crippen LogP contribution in [0.15, 0.2) is 48.5 Å². The Morgan fingerprint density at radius 1 is 0.742 bits per heavy atom. The molecule has 5 heterocycles. The van der Waals surface area contributed by atoms with Crippen LogP contribution in [0.5, 0.6) is 0 Å². The van der Waals surface area contributed by atoms with E-state index in [9.17, 15) is 24.3 Å². The summed E-state index contributed by atoms with van der Waals surface area (Å²) in [6.45, 7) is 8.46. The Kier molecular flexibility index (Phi) is 12.1. The number of carboxylic acid groups (broad SMARTS) is 1. The van der Waals surface area contributed by atoms with E-state index in [4.69, 9.17) is 14.7 Å². The lowest BCUT2D eigenvalue weighted by Gasteiger charge is -2.34. The molecule has 4 fully saturated rings. The number of hydrogen-bond acceptors (Lipinski definition) is 8. The minimum absolute atomic E-state index is 0.106. The molecule has 1 saturated carbocycles. The number of anilines is 1.